The maximum atomic E-state index is 11.9. The summed E-state index contributed by atoms with van der Waals surface area (Å²) in [4.78, 5) is 26.5. The normalized spacial score (nSPS) is 26.9. The molecule has 2 heterocycles. The van der Waals surface area contributed by atoms with Crippen molar-refractivity contribution in [1.29, 1.82) is 0 Å². The number of amides is 2. The third-order valence-electron chi connectivity index (χ3n) is 3.95. The summed E-state index contributed by atoms with van der Waals surface area (Å²) in [6.07, 6.45) is 2.72. The molecule has 0 aromatic carbocycles. The first-order chi connectivity index (χ1) is 9.58. The molecule has 114 valence electrons. The number of rotatable bonds is 5. The summed E-state index contributed by atoms with van der Waals surface area (Å²) >= 11 is 0. The lowest BCUT2D eigenvalue weighted by Crippen LogP contribution is -2.46. The van der Waals surface area contributed by atoms with Crippen molar-refractivity contribution in [2.75, 3.05) is 32.7 Å². The molecule has 0 aromatic heterocycles. The zero-order chi connectivity index (χ0) is 14.5. The minimum absolute atomic E-state index is 0.0922. The van der Waals surface area contributed by atoms with Crippen molar-refractivity contribution in [3.05, 3.63) is 0 Å². The molecule has 2 aliphatic rings. The minimum atomic E-state index is -1.06. The van der Waals surface area contributed by atoms with Gasteiger partial charge in [-0.1, -0.05) is 0 Å². The number of hydrogen-bond acceptors (Lipinski definition) is 4. The molecular weight excluding hydrogens is 262 g/mol. The smallest absolute Gasteiger partial charge is 0.326 e. The molecule has 0 radical (unpaired) electrons. The predicted molar refractivity (Wildman–Crippen MR) is 72.4 cm³/mol. The Bertz CT molecular complexity index is 358. The predicted octanol–water partition coefficient (Wildman–Crippen LogP) is -0.298. The molecule has 0 spiro atoms. The Hall–Kier alpha value is -1.34. The Kier molecular flexibility index (Phi) is 5.19. The molecule has 0 aliphatic carbocycles. The van der Waals surface area contributed by atoms with E-state index >= 15 is 0 Å². The van der Waals surface area contributed by atoms with E-state index in [-0.39, 0.29) is 13.0 Å². The van der Waals surface area contributed by atoms with Crippen LogP contribution >= 0.6 is 0 Å². The number of carbonyl (C=O) groups is 2. The molecule has 2 fully saturated rings. The van der Waals surface area contributed by atoms with Crippen LogP contribution in [0.5, 0.6) is 0 Å². The summed E-state index contributed by atoms with van der Waals surface area (Å²) in [6, 6.07) is -1.31. The third kappa shape index (κ3) is 3.83. The zero-order valence-corrected chi connectivity index (χ0v) is 11.6. The van der Waals surface area contributed by atoms with Gasteiger partial charge in [0.05, 0.1) is 6.10 Å². The molecule has 3 N–H and O–H groups in total. The number of carboxylic acid groups (broad SMARTS) is 1. The molecule has 2 aliphatic heterocycles. The number of aliphatic hydroxyl groups is 1. The van der Waals surface area contributed by atoms with E-state index in [2.05, 4.69) is 10.2 Å². The lowest BCUT2D eigenvalue weighted by atomic mass is 10.2. The first-order valence-electron chi connectivity index (χ1n) is 7.25. The lowest BCUT2D eigenvalue weighted by molar-refractivity contribution is -0.141. The largest absolute Gasteiger partial charge is 0.480 e. The number of nitrogens with one attached hydrogen (secondary N) is 1. The van der Waals surface area contributed by atoms with Crippen LogP contribution < -0.4 is 5.32 Å². The van der Waals surface area contributed by atoms with E-state index in [1.807, 2.05) is 0 Å². The minimum Gasteiger partial charge on any atom is -0.480 e. The Balaban J connectivity index is 1.69. The van der Waals surface area contributed by atoms with Crippen molar-refractivity contribution in [2.24, 2.45) is 0 Å². The average molecular weight is 285 g/mol. The number of hydrogen-bond donors (Lipinski definition) is 3. The number of urea groups is 1. The molecule has 2 rings (SSSR count). The van der Waals surface area contributed by atoms with Gasteiger partial charge >= 0.3 is 12.0 Å². The number of carbonyl (C=O) groups excluding carboxylic acids is 1. The molecule has 0 saturated carbocycles. The summed E-state index contributed by atoms with van der Waals surface area (Å²) in [5.74, 6) is -1.06. The first-order valence-corrected chi connectivity index (χ1v) is 7.25. The molecule has 0 aromatic rings. The van der Waals surface area contributed by atoms with Crippen LogP contribution in [0.2, 0.25) is 0 Å². The monoisotopic (exact) mass is 285 g/mol. The van der Waals surface area contributed by atoms with Gasteiger partial charge in [-0.25, -0.2) is 9.59 Å². The molecule has 1 unspecified atom stereocenters. The van der Waals surface area contributed by atoms with E-state index in [9.17, 15) is 14.7 Å². The third-order valence-corrected chi connectivity index (χ3v) is 3.95. The Labute approximate surface area is 118 Å². The summed E-state index contributed by atoms with van der Waals surface area (Å²) in [7, 11) is 0. The number of β-amino-alcohol motifs (C(OH)–C–C–N with tert-alkyl or cyclic N) is 1. The number of aliphatic carboxylic acids is 1. The fourth-order valence-electron chi connectivity index (χ4n) is 2.88. The molecule has 0 bridgehead atoms. The van der Waals surface area contributed by atoms with Crippen molar-refractivity contribution >= 4 is 12.0 Å². The van der Waals surface area contributed by atoms with Gasteiger partial charge in [0.1, 0.15) is 6.04 Å². The van der Waals surface area contributed by atoms with Crippen LogP contribution in [-0.2, 0) is 4.79 Å². The van der Waals surface area contributed by atoms with Crippen molar-refractivity contribution < 1.29 is 19.8 Å². The average Bonchev–Trinajstić information content (AvgIpc) is 3.03. The summed E-state index contributed by atoms with van der Waals surface area (Å²) in [5.41, 5.74) is 0. The summed E-state index contributed by atoms with van der Waals surface area (Å²) in [6.45, 7) is 3.86. The van der Waals surface area contributed by atoms with Gasteiger partial charge in [-0.15, -0.1) is 0 Å². The van der Waals surface area contributed by atoms with Gasteiger partial charge in [0.2, 0.25) is 0 Å². The van der Waals surface area contributed by atoms with E-state index in [0.29, 0.717) is 6.54 Å². The topological polar surface area (TPSA) is 93.1 Å². The second-order valence-corrected chi connectivity index (χ2v) is 5.53. The fourth-order valence-corrected chi connectivity index (χ4v) is 2.88. The standard InChI is InChI=1S/C13H23N3O4/c17-10-8-11(12(18)19)16(9-10)13(20)14-4-3-7-15-5-1-2-6-15/h10-11,17H,1-9H2,(H,14,20)(H,18,19)/t10?,11-/m0/s1. The summed E-state index contributed by atoms with van der Waals surface area (Å²) in [5, 5.41) is 21.3. The molecule has 7 nitrogen and oxygen atoms in total. The van der Waals surface area contributed by atoms with Crippen LogP contribution in [0.4, 0.5) is 4.79 Å². The van der Waals surface area contributed by atoms with Gasteiger partial charge in [-0.2, -0.15) is 0 Å². The molecule has 2 amide bonds. The number of carboxylic acids is 1. The molecular formula is C13H23N3O4. The van der Waals surface area contributed by atoms with Crippen LogP contribution in [0, 0.1) is 0 Å². The molecule has 7 heteroatoms. The van der Waals surface area contributed by atoms with Gasteiger partial charge < -0.3 is 25.3 Å². The Morgan fingerprint density at radius 3 is 2.60 bits per heavy atom. The van der Waals surface area contributed by atoms with Crippen molar-refractivity contribution in [2.45, 2.75) is 37.8 Å². The number of likely N-dealkylation sites (tertiary alicyclic amines) is 2. The number of aliphatic hydroxyl groups excluding tert-OH is 1. The van der Waals surface area contributed by atoms with Crippen molar-refractivity contribution in [3.63, 3.8) is 0 Å². The van der Waals surface area contributed by atoms with Gasteiger partial charge in [-0.3, -0.25) is 0 Å². The summed E-state index contributed by atoms with van der Waals surface area (Å²) < 4.78 is 0. The molecule has 20 heavy (non-hydrogen) atoms. The Morgan fingerprint density at radius 1 is 1.25 bits per heavy atom. The van der Waals surface area contributed by atoms with Crippen LogP contribution in [0.3, 0.4) is 0 Å². The van der Waals surface area contributed by atoms with Crippen LogP contribution in [-0.4, -0.2) is 76.9 Å². The van der Waals surface area contributed by atoms with E-state index in [4.69, 9.17) is 5.11 Å². The van der Waals surface area contributed by atoms with Gasteiger partial charge in [0.25, 0.3) is 0 Å². The lowest BCUT2D eigenvalue weighted by Gasteiger charge is -2.22. The highest BCUT2D eigenvalue weighted by atomic mass is 16.4. The van der Waals surface area contributed by atoms with Crippen LogP contribution in [0.15, 0.2) is 0 Å². The van der Waals surface area contributed by atoms with Crippen LogP contribution in [0.1, 0.15) is 25.7 Å². The Morgan fingerprint density at radius 2 is 1.95 bits per heavy atom. The SMILES string of the molecule is O=C(O)[C@@H]1CC(O)CN1C(=O)NCCCN1CCCC1. The second kappa shape index (κ2) is 6.90. The van der Waals surface area contributed by atoms with Crippen LogP contribution in [0.25, 0.3) is 0 Å². The highest BCUT2D eigenvalue weighted by molar-refractivity contribution is 5.83. The van der Waals surface area contributed by atoms with Crippen molar-refractivity contribution in [1.82, 2.24) is 15.1 Å². The second-order valence-electron chi connectivity index (χ2n) is 5.53. The zero-order valence-electron chi connectivity index (χ0n) is 11.6. The maximum Gasteiger partial charge on any atom is 0.326 e. The number of nitrogens with zero attached hydrogens (tertiary/aromatic N) is 2. The highest BCUT2D eigenvalue weighted by Gasteiger charge is 2.38. The fraction of sp³-hybridized carbons (Fsp3) is 0.846. The molecule has 2 saturated heterocycles. The maximum absolute atomic E-state index is 11.9. The molecule has 2 atom stereocenters. The highest BCUT2D eigenvalue weighted by Crippen LogP contribution is 2.18. The first kappa shape index (κ1) is 15.1. The van der Waals surface area contributed by atoms with Gasteiger partial charge in [0, 0.05) is 19.5 Å². The van der Waals surface area contributed by atoms with E-state index in [0.717, 1.165) is 26.1 Å². The van der Waals surface area contributed by atoms with Gasteiger partial charge in [-0.05, 0) is 38.9 Å². The van der Waals surface area contributed by atoms with E-state index in [1.54, 1.807) is 0 Å². The van der Waals surface area contributed by atoms with E-state index in [1.165, 1.54) is 17.7 Å². The van der Waals surface area contributed by atoms with E-state index < -0.39 is 24.1 Å². The van der Waals surface area contributed by atoms with Crippen molar-refractivity contribution in [3.8, 4) is 0 Å². The van der Waals surface area contributed by atoms with Gasteiger partial charge in [0.15, 0.2) is 0 Å². The quantitative estimate of drug-likeness (QED) is 0.603.